The zero-order chi connectivity index (χ0) is 19.1. The molecule has 1 N–H and O–H groups in total. The minimum absolute atomic E-state index is 0.105. The van der Waals surface area contributed by atoms with Gasteiger partial charge in [-0.05, 0) is 30.7 Å². The molecule has 1 saturated carbocycles. The minimum atomic E-state index is -2.74. The Balaban J connectivity index is 1.57. The van der Waals surface area contributed by atoms with E-state index in [9.17, 15) is 13.6 Å². The Morgan fingerprint density at radius 3 is 2.85 bits per heavy atom. The molecule has 4 rings (SSSR count). The molecule has 0 aliphatic heterocycles. The van der Waals surface area contributed by atoms with E-state index in [1.165, 1.54) is 10.7 Å². The quantitative estimate of drug-likeness (QED) is 0.694. The summed E-state index contributed by atoms with van der Waals surface area (Å²) in [4.78, 5) is 20.9. The van der Waals surface area contributed by atoms with Crippen molar-refractivity contribution < 1.29 is 13.6 Å². The van der Waals surface area contributed by atoms with E-state index in [2.05, 4.69) is 34.2 Å². The van der Waals surface area contributed by atoms with Gasteiger partial charge < -0.3 is 5.32 Å². The third-order valence-electron chi connectivity index (χ3n) is 5.09. The Hall–Kier alpha value is -2.42. The van der Waals surface area contributed by atoms with Crippen molar-refractivity contribution in [2.75, 3.05) is 5.32 Å². The highest BCUT2D eigenvalue weighted by Gasteiger charge is 2.35. The number of hydrogen-bond acceptors (Lipinski definition) is 5. The number of amides is 1. The molecule has 1 amide bonds. The molecule has 27 heavy (non-hydrogen) atoms. The molecule has 1 aliphatic rings. The lowest BCUT2D eigenvalue weighted by Gasteiger charge is -2.36. The Kier molecular flexibility index (Phi) is 4.63. The van der Waals surface area contributed by atoms with Crippen LogP contribution in [0.2, 0.25) is 0 Å². The number of anilines is 1. The summed E-state index contributed by atoms with van der Waals surface area (Å²) in [6.45, 7) is 4.34. The number of thiazole rings is 1. The van der Waals surface area contributed by atoms with Crippen LogP contribution in [0.5, 0.6) is 0 Å². The van der Waals surface area contributed by atoms with Crippen molar-refractivity contribution in [1.82, 2.24) is 19.6 Å². The second-order valence-corrected chi connectivity index (χ2v) is 8.17. The van der Waals surface area contributed by atoms with Crippen molar-refractivity contribution in [3.05, 3.63) is 40.9 Å². The molecule has 6 nitrogen and oxygen atoms in total. The maximum absolute atomic E-state index is 13.4. The first-order valence-corrected chi connectivity index (χ1v) is 9.64. The molecule has 0 unspecified atom stereocenters. The SMILES string of the molecule is CC(C)C1CC(c2nc(C(F)F)c(NC(=O)c3cnn4cccnc34)s2)C1. The number of hydrogen-bond donors (Lipinski definition) is 1. The van der Waals surface area contributed by atoms with Gasteiger partial charge in [-0.1, -0.05) is 13.8 Å². The van der Waals surface area contributed by atoms with Crippen LogP contribution in [0.3, 0.4) is 0 Å². The molecule has 9 heteroatoms. The topological polar surface area (TPSA) is 72.2 Å². The van der Waals surface area contributed by atoms with Crippen LogP contribution < -0.4 is 5.32 Å². The normalized spacial score (nSPS) is 19.6. The second-order valence-electron chi connectivity index (χ2n) is 7.14. The first-order chi connectivity index (χ1) is 12.9. The van der Waals surface area contributed by atoms with E-state index in [0.717, 1.165) is 24.2 Å². The standard InChI is InChI=1S/C18H19F2N5OS/c1-9(2)10-6-11(7-10)17-23-13(14(19)20)18(27-17)24-16(26)12-8-22-25-5-3-4-21-15(12)25/h3-5,8-11,14H,6-7H2,1-2H3,(H,24,26). The van der Waals surface area contributed by atoms with Crippen molar-refractivity contribution in [3.63, 3.8) is 0 Å². The van der Waals surface area contributed by atoms with Crippen LogP contribution in [-0.4, -0.2) is 25.5 Å². The van der Waals surface area contributed by atoms with Gasteiger partial charge in [0.25, 0.3) is 12.3 Å². The zero-order valence-corrected chi connectivity index (χ0v) is 15.7. The smallest absolute Gasteiger partial charge is 0.283 e. The van der Waals surface area contributed by atoms with Crippen molar-refractivity contribution >= 4 is 27.9 Å². The first-order valence-electron chi connectivity index (χ1n) is 8.82. The molecule has 0 radical (unpaired) electrons. The van der Waals surface area contributed by atoms with Gasteiger partial charge in [0.2, 0.25) is 0 Å². The largest absolute Gasteiger partial charge is 0.312 e. The van der Waals surface area contributed by atoms with Crippen LogP contribution >= 0.6 is 11.3 Å². The van der Waals surface area contributed by atoms with Crippen molar-refractivity contribution in [1.29, 1.82) is 0 Å². The third-order valence-corrected chi connectivity index (χ3v) is 6.24. The average molecular weight is 391 g/mol. The van der Waals surface area contributed by atoms with E-state index < -0.39 is 12.3 Å². The Labute approximate surface area is 158 Å². The fourth-order valence-electron chi connectivity index (χ4n) is 3.33. The van der Waals surface area contributed by atoms with Crippen LogP contribution in [0, 0.1) is 11.8 Å². The van der Waals surface area contributed by atoms with Gasteiger partial charge in [-0.3, -0.25) is 4.79 Å². The monoisotopic (exact) mass is 391 g/mol. The van der Waals surface area contributed by atoms with Crippen molar-refractivity contribution in [3.8, 4) is 0 Å². The molecule has 3 aromatic rings. The number of carbonyl (C=O) groups is 1. The van der Waals surface area contributed by atoms with Crippen LogP contribution in [0.25, 0.3) is 5.65 Å². The lowest BCUT2D eigenvalue weighted by Crippen LogP contribution is -2.25. The summed E-state index contributed by atoms with van der Waals surface area (Å²) in [5.41, 5.74) is 0.243. The maximum Gasteiger partial charge on any atom is 0.283 e. The number of nitrogens with one attached hydrogen (secondary N) is 1. The molecule has 0 aromatic carbocycles. The fourth-order valence-corrected chi connectivity index (χ4v) is 4.42. The zero-order valence-electron chi connectivity index (χ0n) is 14.9. The molecule has 0 bridgehead atoms. The van der Waals surface area contributed by atoms with Gasteiger partial charge in [-0.2, -0.15) is 5.10 Å². The Morgan fingerprint density at radius 1 is 1.37 bits per heavy atom. The van der Waals surface area contributed by atoms with Crippen molar-refractivity contribution in [2.45, 2.75) is 39.0 Å². The lowest BCUT2D eigenvalue weighted by molar-refractivity contribution is 0.102. The lowest BCUT2D eigenvalue weighted by atomic mass is 9.70. The van der Waals surface area contributed by atoms with E-state index >= 15 is 0 Å². The number of halogens is 2. The molecule has 3 heterocycles. The van der Waals surface area contributed by atoms with E-state index in [-0.39, 0.29) is 22.2 Å². The van der Waals surface area contributed by atoms with E-state index in [1.807, 2.05) is 0 Å². The average Bonchev–Trinajstić information content (AvgIpc) is 3.17. The molecule has 142 valence electrons. The van der Waals surface area contributed by atoms with E-state index in [4.69, 9.17) is 0 Å². The molecular weight excluding hydrogens is 372 g/mol. The summed E-state index contributed by atoms with van der Waals surface area (Å²) in [7, 11) is 0. The minimum Gasteiger partial charge on any atom is -0.312 e. The van der Waals surface area contributed by atoms with Gasteiger partial charge in [-0.25, -0.2) is 23.3 Å². The van der Waals surface area contributed by atoms with Gasteiger partial charge in [0, 0.05) is 18.3 Å². The highest BCUT2D eigenvalue weighted by molar-refractivity contribution is 7.16. The highest BCUT2D eigenvalue weighted by atomic mass is 32.1. The Bertz CT molecular complexity index is 977. The summed E-state index contributed by atoms with van der Waals surface area (Å²) in [5.74, 6) is 0.869. The van der Waals surface area contributed by atoms with Crippen LogP contribution in [0.1, 0.15) is 60.1 Å². The van der Waals surface area contributed by atoms with Crippen LogP contribution in [-0.2, 0) is 0 Å². The molecule has 0 spiro atoms. The van der Waals surface area contributed by atoms with Gasteiger partial charge in [-0.15, -0.1) is 11.3 Å². The summed E-state index contributed by atoms with van der Waals surface area (Å²) in [5, 5.41) is 7.42. The second kappa shape index (κ2) is 6.95. The van der Waals surface area contributed by atoms with E-state index in [1.54, 1.807) is 18.5 Å². The van der Waals surface area contributed by atoms with Crippen LogP contribution in [0.15, 0.2) is 24.7 Å². The predicted octanol–water partition coefficient (Wildman–Crippen LogP) is 4.53. The van der Waals surface area contributed by atoms with E-state index in [0.29, 0.717) is 22.5 Å². The van der Waals surface area contributed by atoms with Crippen molar-refractivity contribution in [2.24, 2.45) is 11.8 Å². The number of carbonyl (C=O) groups excluding carboxylic acids is 1. The molecule has 3 aromatic heterocycles. The summed E-state index contributed by atoms with van der Waals surface area (Å²) >= 11 is 1.15. The number of nitrogens with zero attached hydrogens (tertiary/aromatic N) is 4. The fraction of sp³-hybridized carbons (Fsp3) is 0.444. The molecule has 1 fully saturated rings. The molecular formula is C18H19F2N5OS. The predicted molar refractivity (Wildman–Crippen MR) is 98.3 cm³/mol. The summed E-state index contributed by atoms with van der Waals surface area (Å²) in [6.07, 6.45) is 3.76. The summed E-state index contributed by atoms with van der Waals surface area (Å²) in [6, 6.07) is 1.69. The van der Waals surface area contributed by atoms with Gasteiger partial charge >= 0.3 is 0 Å². The number of alkyl halides is 2. The third kappa shape index (κ3) is 3.31. The molecule has 1 aliphatic carbocycles. The molecule has 0 atom stereocenters. The molecule has 0 saturated heterocycles. The summed E-state index contributed by atoms with van der Waals surface area (Å²) < 4.78 is 28.3. The van der Waals surface area contributed by atoms with Gasteiger partial charge in [0.1, 0.15) is 16.3 Å². The number of rotatable bonds is 5. The highest BCUT2D eigenvalue weighted by Crippen LogP contribution is 2.48. The maximum atomic E-state index is 13.4. The number of aromatic nitrogens is 4. The Morgan fingerprint density at radius 2 is 2.15 bits per heavy atom. The van der Waals surface area contributed by atoms with Crippen LogP contribution in [0.4, 0.5) is 13.8 Å². The first kappa shape index (κ1) is 18.0. The number of fused-ring (bicyclic) bond motifs is 1. The van der Waals surface area contributed by atoms with Gasteiger partial charge in [0.05, 0.1) is 11.2 Å². The van der Waals surface area contributed by atoms with Gasteiger partial charge in [0.15, 0.2) is 5.65 Å².